The number of ether oxygens (including phenoxy) is 1. The summed E-state index contributed by atoms with van der Waals surface area (Å²) >= 11 is 0. The maximum atomic E-state index is 5.66. The highest BCUT2D eigenvalue weighted by atomic mass is 16.9. The molecule has 1 unspecified atom stereocenters. The van der Waals surface area contributed by atoms with Gasteiger partial charge in [-0.3, -0.25) is 0 Å². The second-order valence-corrected chi connectivity index (χ2v) is 5.96. The van der Waals surface area contributed by atoms with Crippen LogP contribution in [0.25, 0.3) is 0 Å². The lowest BCUT2D eigenvalue weighted by Gasteiger charge is -2.29. The first-order valence-electron chi connectivity index (χ1n) is 6.68. The van der Waals surface area contributed by atoms with Gasteiger partial charge in [0.2, 0.25) is 6.29 Å². The maximum absolute atomic E-state index is 5.66. The van der Waals surface area contributed by atoms with Gasteiger partial charge in [-0.05, 0) is 33.6 Å². The van der Waals surface area contributed by atoms with Crippen molar-refractivity contribution in [2.75, 3.05) is 0 Å². The molecule has 0 aromatic heterocycles. The fourth-order valence-electron chi connectivity index (χ4n) is 2.31. The van der Waals surface area contributed by atoms with Gasteiger partial charge in [-0.1, -0.05) is 19.3 Å². The van der Waals surface area contributed by atoms with Crippen molar-refractivity contribution in [3.63, 3.8) is 0 Å². The minimum atomic E-state index is -0.225. The van der Waals surface area contributed by atoms with E-state index in [9.17, 15) is 0 Å². The number of hydrogen-bond donors (Lipinski definition) is 0. The van der Waals surface area contributed by atoms with E-state index in [0.29, 0.717) is 12.1 Å². The predicted molar refractivity (Wildman–Crippen MR) is 67.5 cm³/mol. The molecule has 1 atom stereocenters. The van der Waals surface area contributed by atoms with Crippen molar-refractivity contribution in [1.29, 1.82) is 0 Å². The van der Waals surface area contributed by atoms with Gasteiger partial charge in [0.1, 0.15) is 0 Å². The predicted octanol–water partition coefficient (Wildman–Crippen LogP) is 3.08. The van der Waals surface area contributed by atoms with E-state index in [1.807, 2.05) is 12.0 Å². The lowest BCUT2D eigenvalue weighted by atomic mass is 9.96. The summed E-state index contributed by atoms with van der Waals surface area (Å²) in [6, 6.07) is 1.08. The molecule has 0 aromatic rings. The van der Waals surface area contributed by atoms with E-state index in [1.54, 1.807) is 0 Å². The lowest BCUT2D eigenvalue weighted by molar-refractivity contribution is -0.183. The van der Waals surface area contributed by atoms with E-state index >= 15 is 0 Å². The molecule has 1 aliphatic carbocycles. The minimum Gasteiger partial charge on any atom is -0.432 e. The van der Waals surface area contributed by atoms with Crippen LogP contribution in [-0.2, 0) is 9.57 Å². The van der Waals surface area contributed by atoms with Gasteiger partial charge < -0.3 is 4.74 Å². The van der Waals surface area contributed by atoms with E-state index in [0.717, 1.165) is 0 Å². The van der Waals surface area contributed by atoms with Crippen molar-refractivity contribution < 1.29 is 9.57 Å². The molecule has 4 heteroatoms. The molecule has 2 rings (SSSR count). The second kappa shape index (κ2) is 4.84. The highest BCUT2D eigenvalue weighted by Crippen LogP contribution is 2.26. The molecule has 0 spiro atoms. The number of amidine groups is 1. The van der Waals surface area contributed by atoms with Crippen LogP contribution in [0.1, 0.15) is 59.8 Å². The van der Waals surface area contributed by atoms with Crippen LogP contribution >= 0.6 is 0 Å². The standard InChI is InChI=1S/C13H24N2O2/c1-10-16-12(15(17-10)13(2,3)4)14-11-8-6-5-7-9-11/h10-11H,5-9H2,1-4H3. The molecule has 98 valence electrons. The molecule has 0 aromatic carbocycles. The van der Waals surface area contributed by atoms with E-state index < -0.39 is 0 Å². The average molecular weight is 240 g/mol. The van der Waals surface area contributed by atoms with Crippen LogP contribution in [-0.4, -0.2) is 29.0 Å². The number of hydroxylamine groups is 2. The van der Waals surface area contributed by atoms with E-state index in [1.165, 1.54) is 32.1 Å². The third-order valence-electron chi connectivity index (χ3n) is 3.18. The summed E-state index contributed by atoms with van der Waals surface area (Å²) in [5.74, 6) is 0. The molecule has 0 bridgehead atoms. The van der Waals surface area contributed by atoms with E-state index in [2.05, 4.69) is 20.8 Å². The molecular formula is C13H24N2O2. The van der Waals surface area contributed by atoms with Crippen LogP contribution in [0, 0.1) is 0 Å². The Morgan fingerprint density at radius 2 is 1.82 bits per heavy atom. The van der Waals surface area contributed by atoms with Gasteiger partial charge in [0.25, 0.3) is 0 Å². The molecule has 17 heavy (non-hydrogen) atoms. The van der Waals surface area contributed by atoms with Crippen LogP contribution in [0.15, 0.2) is 4.99 Å². The molecule has 2 aliphatic rings. The number of hydrogen-bond acceptors (Lipinski definition) is 3. The van der Waals surface area contributed by atoms with Crippen LogP contribution < -0.4 is 0 Å². The van der Waals surface area contributed by atoms with Gasteiger partial charge in [-0.25, -0.2) is 9.83 Å². The smallest absolute Gasteiger partial charge is 0.315 e. The molecule has 1 heterocycles. The van der Waals surface area contributed by atoms with Crippen molar-refractivity contribution in [3.05, 3.63) is 0 Å². The highest BCUT2D eigenvalue weighted by molar-refractivity contribution is 5.74. The van der Waals surface area contributed by atoms with Crippen molar-refractivity contribution in [2.45, 2.75) is 77.7 Å². The topological polar surface area (TPSA) is 34.1 Å². The molecule has 1 saturated carbocycles. The number of rotatable bonds is 1. The molecule has 1 aliphatic heterocycles. The zero-order valence-electron chi connectivity index (χ0n) is 11.4. The van der Waals surface area contributed by atoms with Crippen LogP contribution in [0.4, 0.5) is 0 Å². The second-order valence-electron chi connectivity index (χ2n) is 5.96. The van der Waals surface area contributed by atoms with Gasteiger partial charge in [0.05, 0.1) is 11.6 Å². The fraction of sp³-hybridized carbons (Fsp3) is 0.923. The summed E-state index contributed by atoms with van der Waals surface area (Å²) < 4.78 is 5.66. The van der Waals surface area contributed by atoms with Gasteiger partial charge in [0.15, 0.2) is 0 Å². The number of nitrogens with zero attached hydrogens (tertiary/aromatic N) is 2. The normalized spacial score (nSPS) is 29.8. The van der Waals surface area contributed by atoms with Gasteiger partial charge in [-0.2, -0.15) is 5.06 Å². The Labute approximate surface area is 104 Å². The van der Waals surface area contributed by atoms with Gasteiger partial charge in [0, 0.05) is 6.92 Å². The Bertz CT molecular complexity index is 290. The highest BCUT2D eigenvalue weighted by Gasteiger charge is 2.36. The Hall–Kier alpha value is -0.770. The molecule has 1 saturated heterocycles. The molecule has 0 radical (unpaired) electrons. The summed E-state index contributed by atoms with van der Waals surface area (Å²) in [5, 5.41) is 1.81. The van der Waals surface area contributed by atoms with Crippen LogP contribution in [0.5, 0.6) is 0 Å². The average Bonchev–Trinajstić information content (AvgIpc) is 2.60. The van der Waals surface area contributed by atoms with Gasteiger partial charge in [-0.15, -0.1) is 0 Å². The Morgan fingerprint density at radius 1 is 1.18 bits per heavy atom. The summed E-state index contributed by atoms with van der Waals surface area (Å²) in [5.41, 5.74) is -0.113. The first-order chi connectivity index (χ1) is 7.97. The Morgan fingerprint density at radius 3 is 2.41 bits per heavy atom. The lowest BCUT2D eigenvalue weighted by Crippen LogP contribution is -2.42. The van der Waals surface area contributed by atoms with Crippen molar-refractivity contribution in [2.24, 2.45) is 4.99 Å². The maximum Gasteiger partial charge on any atom is 0.315 e. The molecular weight excluding hydrogens is 216 g/mol. The quantitative estimate of drug-likeness (QED) is 0.706. The van der Waals surface area contributed by atoms with Crippen molar-refractivity contribution in [3.8, 4) is 0 Å². The largest absolute Gasteiger partial charge is 0.432 e. The zero-order chi connectivity index (χ0) is 12.5. The summed E-state index contributed by atoms with van der Waals surface area (Å²) in [6.45, 7) is 8.21. The monoisotopic (exact) mass is 240 g/mol. The molecule has 2 fully saturated rings. The first-order valence-corrected chi connectivity index (χ1v) is 6.68. The third-order valence-corrected chi connectivity index (χ3v) is 3.18. The van der Waals surface area contributed by atoms with Crippen molar-refractivity contribution >= 4 is 6.02 Å². The van der Waals surface area contributed by atoms with Crippen LogP contribution in [0.3, 0.4) is 0 Å². The Kier molecular flexibility index (Phi) is 3.61. The van der Waals surface area contributed by atoms with E-state index in [-0.39, 0.29) is 11.8 Å². The SMILES string of the molecule is CC1OC(=NC2CCCCC2)N(C(C)(C)C)O1. The third kappa shape index (κ3) is 3.12. The van der Waals surface area contributed by atoms with Crippen LogP contribution in [0.2, 0.25) is 0 Å². The minimum absolute atomic E-state index is 0.113. The number of aliphatic imine (C=N–C) groups is 1. The molecule has 0 amide bonds. The summed E-state index contributed by atoms with van der Waals surface area (Å²) in [6.07, 6.45) is 6.05. The molecule has 4 nitrogen and oxygen atoms in total. The first kappa shape index (κ1) is 12.7. The van der Waals surface area contributed by atoms with E-state index in [4.69, 9.17) is 14.6 Å². The Balaban J connectivity index is 2.09. The summed E-state index contributed by atoms with van der Waals surface area (Å²) in [7, 11) is 0. The van der Waals surface area contributed by atoms with Gasteiger partial charge >= 0.3 is 6.02 Å². The zero-order valence-corrected chi connectivity index (χ0v) is 11.4. The summed E-state index contributed by atoms with van der Waals surface area (Å²) in [4.78, 5) is 10.4. The molecule has 0 N–H and O–H groups in total. The fourth-order valence-corrected chi connectivity index (χ4v) is 2.31. The van der Waals surface area contributed by atoms with Crippen molar-refractivity contribution in [1.82, 2.24) is 5.06 Å².